The fourth-order valence-electron chi connectivity index (χ4n) is 1.90. The summed E-state index contributed by atoms with van der Waals surface area (Å²) in [5.74, 6) is -0.0237. The van der Waals surface area contributed by atoms with Crippen LogP contribution in [0.2, 0.25) is 0 Å². The Morgan fingerprint density at radius 1 is 0.931 bits per heavy atom. The van der Waals surface area contributed by atoms with Crippen molar-refractivity contribution in [2.75, 3.05) is 7.11 Å². The van der Waals surface area contributed by atoms with Crippen molar-refractivity contribution in [2.24, 2.45) is 10.2 Å². The van der Waals surface area contributed by atoms with E-state index < -0.39 is 23.4 Å². The van der Waals surface area contributed by atoms with Crippen LogP contribution in [0, 0.1) is 0 Å². The zero-order valence-electron chi connectivity index (χ0n) is 17.7. The van der Waals surface area contributed by atoms with E-state index in [9.17, 15) is 14.7 Å². The number of hydrogen-bond acceptors (Lipinski definition) is 8. The van der Waals surface area contributed by atoms with Gasteiger partial charge >= 0.3 is 12.2 Å². The molecule has 0 saturated carbocycles. The second-order valence-corrected chi connectivity index (χ2v) is 7.90. The van der Waals surface area contributed by atoms with E-state index in [1.807, 2.05) is 0 Å². The average molecular weight is 408 g/mol. The van der Waals surface area contributed by atoms with Gasteiger partial charge in [0.15, 0.2) is 11.5 Å². The molecule has 2 amide bonds. The predicted octanol–water partition coefficient (Wildman–Crippen LogP) is 3.12. The largest absolute Gasteiger partial charge is 0.504 e. The highest BCUT2D eigenvalue weighted by Gasteiger charge is 2.16. The first-order chi connectivity index (χ1) is 13.3. The molecule has 29 heavy (non-hydrogen) atoms. The molecule has 0 atom stereocenters. The first-order valence-corrected chi connectivity index (χ1v) is 8.76. The Hall–Kier alpha value is -3.30. The molecule has 10 nitrogen and oxygen atoms in total. The monoisotopic (exact) mass is 408 g/mol. The Labute approximate surface area is 169 Å². The molecule has 0 unspecified atom stereocenters. The van der Waals surface area contributed by atoms with Gasteiger partial charge in [-0.25, -0.2) is 20.4 Å². The lowest BCUT2D eigenvalue weighted by atomic mass is 10.1. The lowest BCUT2D eigenvalue weighted by Crippen LogP contribution is -2.29. The molecule has 1 rings (SSSR count). The zero-order valence-corrected chi connectivity index (χ0v) is 17.7. The fourth-order valence-corrected chi connectivity index (χ4v) is 1.90. The molecular formula is C19H28N4O6. The number of carbonyl (C=O) groups excluding carboxylic acids is 2. The van der Waals surface area contributed by atoms with Gasteiger partial charge in [-0.3, -0.25) is 0 Å². The van der Waals surface area contributed by atoms with Gasteiger partial charge in [0.1, 0.15) is 11.2 Å². The molecule has 0 aliphatic heterocycles. The SMILES string of the molecule is COc1cc(/C=N\NC(=O)OC(C)(C)C)cc(/C=N/NC(=O)OC(C)(C)C)c1O. The van der Waals surface area contributed by atoms with E-state index >= 15 is 0 Å². The van der Waals surface area contributed by atoms with Gasteiger partial charge in [-0.15, -0.1) is 0 Å². The third-order valence-electron chi connectivity index (χ3n) is 2.87. The van der Waals surface area contributed by atoms with Crippen LogP contribution >= 0.6 is 0 Å². The molecule has 0 heterocycles. The van der Waals surface area contributed by atoms with Crippen molar-refractivity contribution in [3.05, 3.63) is 23.3 Å². The van der Waals surface area contributed by atoms with Gasteiger partial charge in [0.25, 0.3) is 0 Å². The van der Waals surface area contributed by atoms with Crippen LogP contribution in [0.15, 0.2) is 22.3 Å². The molecule has 3 N–H and O–H groups in total. The Bertz CT molecular complexity index is 791. The van der Waals surface area contributed by atoms with Crippen LogP contribution in [0.1, 0.15) is 52.7 Å². The summed E-state index contributed by atoms with van der Waals surface area (Å²) >= 11 is 0. The molecule has 0 saturated heterocycles. The summed E-state index contributed by atoms with van der Waals surface area (Å²) in [5.41, 5.74) is 3.87. The molecule has 0 radical (unpaired) electrons. The number of amides is 2. The summed E-state index contributed by atoms with van der Waals surface area (Å²) in [6, 6.07) is 3.03. The maximum Gasteiger partial charge on any atom is 0.428 e. The van der Waals surface area contributed by atoms with Gasteiger partial charge < -0.3 is 19.3 Å². The Morgan fingerprint density at radius 3 is 1.86 bits per heavy atom. The molecule has 0 fully saturated rings. The summed E-state index contributed by atoms with van der Waals surface area (Å²) in [7, 11) is 1.38. The summed E-state index contributed by atoms with van der Waals surface area (Å²) in [6.45, 7) is 10.4. The predicted molar refractivity (Wildman–Crippen MR) is 109 cm³/mol. The third-order valence-corrected chi connectivity index (χ3v) is 2.87. The number of benzene rings is 1. The molecule has 160 valence electrons. The number of nitrogens with one attached hydrogen (secondary N) is 2. The smallest absolute Gasteiger partial charge is 0.428 e. The number of aromatic hydroxyl groups is 1. The van der Waals surface area contributed by atoms with Crippen molar-refractivity contribution in [3.63, 3.8) is 0 Å². The molecule has 1 aromatic carbocycles. The number of phenolic OH excluding ortho intramolecular Hbond substituents is 1. The molecule has 0 bridgehead atoms. The van der Waals surface area contributed by atoms with Crippen molar-refractivity contribution in [1.29, 1.82) is 0 Å². The van der Waals surface area contributed by atoms with Gasteiger partial charge in [-0.05, 0) is 59.2 Å². The van der Waals surface area contributed by atoms with Gasteiger partial charge in [-0.1, -0.05) is 0 Å². The maximum atomic E-state index is 11.6. The van der Waals surface area contributed by atoms with Crippen molar-refractivity contribution in [1.82, 2.24) is 10.9 Å². The van der Waals surface area contributed by atoms with Gasteiger partial charge in [0, 0.05) is 5.56 Å². The first kappa shape index (κ1) is 23.7. The number of ether oxygens (including phenoxy) is 3. The third kappa shape index (κ3) is 9.45. The molecule has 0 spiro atoms. The van der Waals surface area contributed by atoms with E-state index in [1.54, 1.807) is 41.5 Å². The quantitative estimate of drug-likeness (QED) is 0.507. The Balaban J connectivity index is 2.89. The normalized spacial score (nSPS) is 12.1. The van der Waals surface area contributed by atoms with Crippen molar-refractivity contribution in [3.8, 4) is 11.5 Å². The minimum absolute atomic E-state index is 0.157. The van der Waals surface area contributed by atoms with Crippen LogP contribution in [0.4, 0.5) is 9.59 Å². The topological polar surface area (TPSA) is 131 Å². The lowest BCUT2D eigenvalue weighted by Gasteiger charge is -2.18. The van der Waals surface area contributed by atoms with Crippen molar-refractivity contribution in [2.45, 2.75) is 52.7 Å². The number of rotatable bonds is 5. The Morgan fingerprint density at radius 2 is 1.41 bits per heavy atom. The van der Waals surface area contributed by atoms with E-state index in [0.29, 0.717) is 5.56 Å². The molecular weight excluding hydrogens is 380 g/mol. The summed E-state index contributed by atoms with van der Waals surface area (Å²) in [4.78, 5) is 23.2. The summed E-state index contributed by atoms with van der Waals surface area (Å²) in [6.07, 6.45) is 1.12. The van der Waals surface area contributed by atoms with Gasteiger partial charge in [-0.2, -0.15) is 10.2 Å². The fraction of sp³-hybridized carbons (Fsp3) is 0.474. The van der Waals surface area contributed by atoms with Crippen LogP contribution in [0.3, 0.4) is 0 Å². The number of hydrogen-bond donors (Lipinski definition) is 3. The maximum absolute atomic E-state index is 11.6. The van der Waals surface area contributed by atoms with E-state index in [4.69, 9.17) is 14.2 Å². The summed E-state index contributed by atoms with van der Waals surface area (Å²) in [5, 5.41) is 17.8. The molecule has 0 aliphatic rings. The molecule has 0 aliphatic carbocycles. The Kier molecular flexibility index (Phi) is 7.99. The highest BCUT2D eigenvalue weighted by molar-refractivity contribution is 5.91. The zero-order chi connectivity index (χ0) is 22.2. The standard InChI is InChI=1S/C19H28N4O6/c1-18(2,3)28-16(25)22-20-10-12-8-13(15(24)14(9-12)27-7)11-21-23-17(26)29-19(4,5)6/h8-11,24H,1-7H3,(H,22,25)(H,23,26)/b20-10-,21-11+. The van der Waals surface area contributed by atoms with Crippen LogP contribution in [-0.4, -0.2) is 48.0 Å². The van der Waals surface area contributed by atoms with Crippen LogP contribution < -0.4 is 15.6 Å². The first-order valence-electron chi connectivity index (χ1n) is 8.76. The number of methoxy groups -OCH3 is 1. The van der Waals surface area contributed by atoms with E-state index in [2.05, 4.69) is 21.1 Å². The number of hydrazone groups is 2. The summed E-state index contributed by atoms with van der Waals surface area (Å²) < 4.78 is 15.2. The van der Waals surface area contributed by atoms with Crippen molar-refractivity contribution >= 4 is 24.6 Å². The molecule has 0 aromatic heterocycles. The van der Waals surface area contributed by atoms with Crippen LogP contribution in [0.5, 0.6) is 11.5 Å². The number of nitrogens with zero attached hydrogens (tertiary/aromatic N) is 2. The minimum atomic E-state index is -0.737. The number of carbonyl (C=O) groups is 2. The highest BCUT2D eigenvalue weighted by atomic mass is 16.6. The van der Waals surface area contributed by atoms with Crippen molar-refractivity contribution < 1.29 is 28.9 Å². The van der Waals surface area contributed by atoms with Gasteiger partial charge in [0.05, 0.1) is 19.5 Å². The lowest BCUT2D eigenvalue weighted by molar-refractivity contribution is 0.0518. The average Bonchev–Trinajstić information content (AvgIpc) is 2.53. The highest BCUT2D eigenvalue weighted by Crippen LogP contribution is 2.30. The van der Waals surface area contributed by atoms with Crippen LogP contribution in [0.25, 0.3) is 0 Å². The second-order valence-electron chi connectivity index (χ2n) is 7.90. The molecule has 10 heteroatoms. The van der Waals surface area contributed by atoms with Crippen LogP contribution in [-0.2, 0) is 9.47 Å². The van der Waals surface area contributed by atoms with E-state index in [0.717, 1.165) is 0 Å². The number of phenols is 1. The van der Waals surface area contributed by atoms with Gasteiger partial charge in [0.2, 0.25) is 0 Å². The molecule has 1 aromatic rings. The minimum Gasteiger partial charge on any atom is -0.504 e. The van der Waals surface area contributed by atoms with E-state index in [1.165, 1.54) is 31.7 Å². The van der Waals surface area contributed by atoms with E-state index in [-0.39, 0.29) is 17.1 Å². The second kappa shape index (κ2) is 9.76.